The van der Waals surface area contributed by atoms with Crippen molar-refractivity contribution in [2.45, 2.75) is 39.3 Å². The molecular weight excluding hydrogens is 442 g/mol. The second-order valence-corrected chi connectivity index (χ2v) is 8.75. The summed E-state index contributed by atoms with van der Waals surface area (Å²) in [4.78, 5) is 52.1. The third-order valence-electron chi connectivity index (χ3n) is 5.57. The third-order valence-corrected chi connectivity index (χ3v) is 6.22. The van der Waals surface area contributed by atoms with E-state index in [1.165, 1.54) is 11.8 Å². The summed E-state index contributed by atoms with van der Waals surface area (Å²) >= 11 is 1.49. The number of rotatable bonds is 8. The Bertz CT molecular complexity index is 1050. The molecule has 2 aromatic rings. The summed E-state index contributed by atoms with van der Waals surface area (Å²) in [5.41, 5.74) is 7.19. The van der Waals surface area contributed by atoms with E-state index in [9.17, 15) is 19.2 Å². The lowest BCUT2D eigenvalue weighted by Gasteiger charge is -2.25. The lowest BCUT2D eigenvalue weighted by atomic mass is 10.1. The van der Waals surface area contributed by atoms with Crippen LogP contribution in [0.1, 0.15) is 45.2 Å². The molecule has 33 heavy (non-hydrogen) atoms. The molecule has 9 heteroatoms. The largest absolute Gasteiger partial charge is 0.481 e. The van der Waals surface area contributed by atoms with E-state index < -0.39 is 35.8 Å². The number of imide groups is 1. The minimum absolute atomic E-state index is 0.253. The fraction of sp³-hybridized carbons (Fsp3) is 0.333. The fourth-order valence-corrected chi connectivity index (χ4v) is 3.96. The highest BCUT2D eigenvalue weighted by molar-refractivity contribution is 7.98. The molecule has 2 atom stereocenters. The van der Waals surface area contributed by atoms with Crippen molar-refractivity contribution in [3.8, 4) is 5.75 Å². The van der Waals surface area contributed by atoms with Crippen LogP contribution in [0.2, 0.25) is 0 Å². The standard InChI is InChI=1S/C24H27N3O5S/c1-14-8-7-11-20(15(14)2)32-16(3)21(28)25-26-22(29)19(12-13-33-4)27-23(30)17-9-5-6-10-18(17)24(27)31/h5-11,16,19H,12-13H2,1-4H3,(H,25,28)(H,26,29)/t16-,19+/m0/s1. The van der Waals surface area contributed by atoms with Crippen LogP contribution in [-0.2, 0) is 9.59 Å². The summed E-state index contributed by atoms with van der Waals surface area (Å²) in [5.74, 6) is -1.12. The Morgan fingerprint density at radius 2 is 1.58 bits per heavy atom. The summed E-state index contributed by atoms with van der Waals surface area (Å²) in [6.45, 7) is 5.41. The molecule has 4 amide bonds. The highest BCUT2D eigenvalue weighted by atomic mass is 32.2. The summed E-state index contributed by atoms with van der Waals surface area (Å²) < 4.78 is 5.74. The summed E-state index contributed by atoms with van der Waals surface area (Å²) in [6, 6.07) is 11.0. The summed E-state index contributed by atoms with van der Waals surface area (Å²) in [6.07, 6.45) is 1.24. The molecule has 1 aliphatic heterocycles. The van der Waals surface area contributed by atoms with Gasteiger partial charge in [-0.05, 0) is 68.5 Å². The number of hydrogen-bond acceptors (Lipinski definition) is 6. The van der Waals surface area contributed by atoms with Crippen molar-refractivity contribution in [2.24, 2.45) is 0 Å². The Hall–Kier alpha value is -3.33. The van der Waals surface area contributed by atoms with Gasteiger partial charge in [-0.15, -0.1) is 0 Å². The molecule has 1 aliphatic rings. The van der Waals surface area contributed by atoms with Crippen molar-refractivity contribution in [2.75, 3.05) is 12.0 Å². The first-order valence-electron chi connectivity index (χ1n) is 10.5. The quantitative estimate of drug-likeness (QED) is 0.455. The van der Waals surface area contributed by atoms with E-state index >= 15 is 0 Å². The maximum atomic E-state index is 12.9. The highest BCUT2D eigenvalue weighted by Crippen LogP contribution is 2.26. The Morgan fingerprint density at radius 1 is 0.970 bits per heavy atom. The number of nitrogens with one attached hydrogen (secondary N) is 2. The van der Waals surface area contributed by atoms with Gasteiger partial charge in [-0.2, -0.15) is 11.8 Å². The highest BCUT2D eigenvalue weighted by Gasteiger charge is 2.42. The first-order valence-corrected chi connectivity index (χ1v) is 11.9. The Balaban J connectivity index is 1.67. The number of benzene rings is 2. The third kappa shape index (κ3) is 5.19. The second-order valence-electron chi connectivity index (χ2n) is 7.76. The number of ether oxygens (including phenoxy) is 1. The van der Waals surface area contributed by atoms with Crippen LogP contribution in [0.15, 0.2) is 42.5 Å². The van der Waals surface area contributed by atoms with Crippen molar-refractivity contribution < 1.29 is 23.9 Å². The lowest BCUT2D eigenvalue weighted by molar-refractivity contribution is -0.134. The fourth-order valence-electron chi connectivity index (χ4n) is 3.50. The van der Waals surface area contributed by atoms with E-state index in [0.29, 0.717) is 11.5 Å². The number of fused-ring (bicyclic) bond motifs is 1. The second kappa shape index (κ2) is 10.5. The number of nitrogens with zero attached hydrogens (tertiary/aromatic N) is 1. The molecule has 0 saturated carbocycles. The zero-order valence-electron chi connectivity index (χ0n) is 19.0. The molecule has 0 fully saturated rings. The van der Waals surface area contributed by atoms with Gasteiger partial charge < -0.3 is 4.74 Å². The Kier molecular flexibility index (Phi) is 7.75. The predicted molar refractivity (Wildman–Crippen MR) is 126 cm³/mol. The zero-order valence-corrected chi connectivity index (χ0v) is 19.8. The number of carbonyl (C=O) groups is 4. The van der Waals surface area contributed by atoms with Crippen molar-refractivity contribution in [1.29, 1.82) is 0 Å². The average Bonchev–Trinajstić information content (AvgIpc) is 3.06. The van der Waals surface area contributed by atoms with Gasteiger partial charge in [0, 0.05) is 0 Å². The number of thioether (sulfide) groups is 1. The Morgan fingerprint density at radius 3 is 2.18 bits per heavy atom. The molecule has 2 N–H and O–H groups in total. The van der Waals surface area contributed by atoms with Crippen LogP contribution in [0.5, 0.6) is 5.75 Å². The predicted octanol–water partition coefficient (Wildman–Crippen LogP) is 2.64. The molecule has 1 heterocycles. The van der Waals surface area contributed by atoms with Crippen LogP contribution in [0, 0.1) is 13.8 Å². The van der Waals surface area contributed by atoms with E-state index in [2.05, 4.69) is 10.9 Å². The molecule has 0 spiro atoms. The van der Waals surface area contributed by atoms with E-state index in [-0.39, 0.29) is 17.5 Å². The van der Waals surface area contributed by atoms with Crippen molar-refractivity contribution in [3.63, 3.8) is 0 Å². The average molecular weight is 470 g/mol. The van der Waals surface area contributed by atoms with E-state index in [4.69, 9.17) is 4.74 Å². The minimum atomic E-state index is -1.06. The van der Waals surface area contributed by atoms with E-state index in [0.717, 1.165) is 16.0 Å². The molecule has 2 aromatic carbocycles. The van der Waals surface area contributed by atoms with Gasteiger partial charge >= 0.3 is 0 Å². The van der Waals surface area contributed by atoms with E-state index in [1.807, 2.05) is 32.2 Å². The number of hydrazine groups is 1. The number of aryl methyl sites for hydroxylation is 1. The van der Waals surface area contributed by atoms with Crippen LogP contribution in [-0.4, -0.2) is 52.7 Å². The molecule has 174 valence electrons. The molecular formula is C24H27N3O5S. The maximum Gasteiger partial charge on any atom is 0.279 e. The molecule has 0 bridgehead atoms. The van der Waals surface area contributed by atoms with Gasteiger partial charge in [-0.1, -0.05) is 24.3 Å². The van der Waals surface area contributed by atoms with Crippen LogP contribution in [0.4, 0.5) is 0 Å². The monoisotopic (exact) mass is 469 g/mol. The van der Waals surface area contributed by atoms with Gasteiger partial charge in [0.05, 0.1) is 11.1 Å². The van der Waals surface area contributed by atoms with Crippen LogP contribution >= 0.6 is 11.8 Å². The lowest BCUT2D eigenvalue weighted by Crippen LogP contribution is -2.55. The van der Waals surface area contributed by atoms with Gasteiger partial charge in [0.2, 0.25) is 0 Å². The van der Waals surface area contributed by atoms with Gasteiger partial charge in [-0.25, -0.2) is 0 Å². The van der Waals surface area contributed by atoms with Gasteiger partial charge in [0.15, 0.2) is 6.10 Å². The molecule has 0 saturated heterocycles. The molecule has 0 radical (unpaired) electrons. The van der Waals surface area contributed by atoms with Gasteiger partial charge in [-0.3, -0.25) is 34.9 Å². The summed E-state index contributed by atoms with van der Waals surface area (Å²) in [5, 5.41) is 0. The topological polar surface area (TPSA) is 105 Å². The van der Waals surface area contributed by atoms with E-state index in [1.54, 1.807) is 37.3 Å². The Labute approximate surface area is 197 Å². The van der Waals surface area contributed by atoms with Crippen LogP contribution in [0.3, 0.4) is 0 Å². The smallest absolute Gasteiger partial charge is 0.279 e. The SMILES string of the molecule is CSCC[C@H](C(=O)NNC(=O)[C@H](C)Oc1cccc(C)c1C)N1C(=O)c2ccccc2C1=O. The van der Waals surface area contributed by atoms with Crippen molar-refractivity contribution in [3.05, 3.63) is 64.7 Å². The van der Waals surface area contributed by atoms with Crippen LogP contribution in [0.25, 0.3) is 0 Å². The first kappa shape index (κ1) is 24.3. The number of carbonyl (C=O) groups excluding carboxylic acids is 4. The van der Waals surface area contributed by atoms with Gasteiger partial charge in [0.1, 0.15) is 11.8 Å². The number of hydrogen-bond donors (Lipinski definition) is 2. The molecule has 0 aliphatic carbocycles. The number of amides is 4. The normalized spacial score (nSPS) is 14.5. The maximum absolute atomic E-state index is 12.9. The molecule has 3 rings (SSSR count). The first-order chi connectivity index (χ1) is 15.8. The van der Waals surface area contributed by atoms with Crippen molar-refractivity contribution >= 4 is 35.4 Å². The molecule has 8 nitrogen and oxygen atoms in total. The zero-order chi connectivity index (χ0) is 24.1. The van der Waals surface area contributed by atoms with Crippen LogP contribution < -0.4 is 15.6 Å². The van der Waals surface area contributed by atoms with Gasteiger partial charge in [0.25, 0.3) is 23.6 Å². The molecule has 0 unspecified atom stereocenters. The summed E-state index contributed by atoms with van der Waals surface area (Å²) in [7, 11) is 0. The minimum Gasteiger partial charge on any atom is -0.481 e. The molecule has 0 aromatic heterocycles. The van der Waals surface area contributed by atoms with Crippen molar-refractivity contribution in [1.82, 2.24) is 15.8 Å².